The fraction of sp³-hybridized carbons (Fsp3) is 0.536. The Bertz CT molecular complexity index is 2060. The summed E-state index contributed by atoms with van der Waals surface area (Å²) in [6.07, 6.45) is 8.23. The molecule has 4 atom stereocenters. The topological polar surface area (TPSA) is 40.5 Å². The maximum absolute atomic E-state index is 12.2. The Hall–Kier alpha value is -1.76. The molecule has 1 fully saturated rings. The van der Waals surface area contributed by atoms with Gasteiger partial charge in [-0.25, -0.2) is 0 Å². The van der Waals surface area contributed by atoms with E-state index >= 15 is 0 Å². The van der Waals surface area contributed by atoms with E-state index in [1.165, 1.54) is 71.2 Å². The molecule has 1 heterocycles. The maximum Gasteiger partial charge on any atom is -0.0866 e. The SMILES string of the molecule is CC(C)(C)c1cc(C[S]2=[Zr]=[S@@](Cc3cc(C(C)(C)C)cc([Si](C)(C)C(C)(C)C)c3O)C3CCCCCC[C@@H]32)c(O)c([Si](C)(C)C(C)(C)C)c1.[CH2-]c1ccccc1.[CH2-]c1ccccc1. The summed E-state index contributed by atoms with van der Waals surface area (Å²) in [5.74, 6) is 3.43. The molecule has 6 rings (SSSR count). The molecule has 0 spiro atoms. The molecule has 1 saturated carbocycles. The monoisotopic (exact) mass is 1000 g/mol. The van der Waals surface area contributed by atoms with Crippen molar-refractivity contribution in [2.75, 3.05) is 0 Å². The zero-order valence-electron chi connectivity index (χ0n) is 42.5. The van der Waals surface area contributed by atoms with Crippen molar-refractivity contribution in [3.63, 3.8) is 0 Å². The van der Waals surface area contributed by atoms with Gasteiger partial charge in [0, 0.05) is 0 Å². The molecular formula is C56H86O2S2Si2Zr-2. The summed E-state index contributed by atoms with van der Waals surface area (Å²) in [6.45, 7) is 45.6. The number of hydrogen-bond acceptors (Lipinski definition) is 2. The quantitative estimate of drug-likeness (QED) is 0.149. The predicted molar refractivity (Wildman–Crippen MR) is 287 cm³/mol. The minimum atomic E-state index is -1.95. The number of rotatable bonds is 6. The van der Waals surface area contributed by atoms with E-state index in [-0.39, 0.29) is 20.9 Å². The van der Waals surface area contributed by atoms with Crippen LogP contribution in [0.15, 0.2) is 84.9 Å². The van der Waals surface area contributed by atoms with Crippen LogP contribution in [0.1, 0.15) is 155 Å². The van der Waals surface area contributed by atoms with Gasteiger partial charge in [-0.3, -0.25) is 0 Å². The molecule has 2 aliphatic rings. The zero-order chi connectivity index (χ0) is 47.3. The summed E-state index contributed by atoms with van der Waals surface area (Å²) < 4.78 is 0. The second-order valence-corrected chi connectivity index (χ2v) is 49.8. The molecule has 0 aromatic heterocycles. The van der Waals surface area contributed by atoms with Gasteiger partial charge in [0.05, 0.1) is 0 Å². The Morgan fingerprint density at radius 3 is 1.10 bits per heavy atom. The molecule has 2 nitrogen and oxygen atoms in total. The fourth-order valence-corrected chi connectivity index (χ4v) is 41.2. The third kappa shape index (κ3) is 13.9. The van der Waals surface area contributed by atoms with E-state index in [1.54, 1.807) is 0 Å². The zero-order valence-corrected chi connectivity index (χ0v) is 48.6. The molecule has 0 radical (unpaired) electrons. The number of hydrogen-bond donors (Lipinski definition) is 2. The van der Waals surface area contributed by atoms with Crippen LogP contribution in [-0.4, -0.2) is 36.9 Å². The van der Waals surface area contributed by atoms with Crippen LogP contribution >= 0.6 is 14.2 Å². The third-order valence-corrected chi connectivity index (χ3v) is 47.3. The maximum atomic E-state index is 12.2. The molecule has 1 aliphatic heterocycles. The first-order chi connectivity index (χ1) is 29.0. The van der Waals surface area contributed by atoms with Gasteiger partial charge in [0.15, 0.2) is 0 Å². The van der Waals surface area contributed by atoms with Gasteiger partial charge in [0.25, 0.3) is 0 Å². The van der Waals surface area contributed by atoms with Crippen LogP contribution in [-0.2, 0) is 41.5 Å². The van der Waals surface area contributed by atoms with Crippen molar-refractivity contribution in [1.82, 2.24) is 0 Å². The molecule has 0 bridgehead atoms. The van der Waals surface area contributed by atoms with Gasteiger partial charge in [0.2, 0.25) is 0 Å². The van der Waals surface area contributed by atoms with Crippen LogP contribution in [0, 0.1) is 13.8 Å². The van der Waals surface area contributed by atoms with Crippen LogP contribution in [0.4, 0.5) is 0 Å². The molecule has 0 amide bonds. The summed E-state index contributed by atoms with van der Waals surface area (Å²) in [6, 6.07) is 29.4. The number of benzene rings is 4. The van der Waals surface area contributed by atoms with Crippen molar-refractivity contribution in [2.45, 2.75) is 191 Å². The summed E-state index contributed by atoms with van der Waals surface area (Å²) in [5.41, 5.74) is 7.52. The van der Waals surface area contributed by atoms with E-state index in [2.05, 4.69) is 147 Å². The molecule has 348 valence electrons. The van der Waals surface area contributed by atoms with Gasteiger partial charge in [-0.05, 0) is 0 Å². The Morgan fingerprint density at radius 2 is 0.841 bits per heavy atom. The largest absolute Gasteiger partial charge is 0.199 e. The van der Waals surface area contributed by atoms with Gasteiger partial charge in [-0.2, -0.15) is 49.2 Å². The van der Waals surface area contributed by atoms with Crippen LogP contribution < -0.4 is 10.4 Å². The summed E-state index contributed by atoms with van der Waals surface area (Å²) in [5, 5.41) is 28.8. The smallest absolute Gasteiger partial charge is 0.0866 e. The van der Waals surface area contributed by atoms with Crippen LogP contribution in [0.5, 0.6) is 11.5 Å². The first-order valence-electron chi connectivity index (χ1n) is 23.6. The fourth-order valence-electron chi connectivity index (χ4n) is 8.13. The van der Waals surface area contributed by atoms with E-state index in [0.29, 0.717) is 25.7 Å². The normalized spacial score (nSPS) is 19.7. The standard InChI is InChI=1S/C42H72O2S2Si2.2C7H7.Zr/c1-39(2,3)31-23-29(37(43)35(25-31)47(13,14)41(7,8)9)27-45-33-21-19-17-18-20-22-34(33)46-28-30-24-32(40(4,5)6)26-36(38(30)44)48(15,16)42(10,11)12;2*1-7-5-3-2-4-6-7;/h23-26,33-34,43-44H,17-22,27-28H2,1-16H3;2*2-6H,1H2;/q;2*-1;/t33-,34?;;;/m0.../s1. The second kappa shape index (κ2) is 21.5. The molecule has 2 N–H and O–H groups in total. The number of aromatic hydroxyl groups is 2. The van der Waals surface area contributed by atoms with Crippen molar-refractivity contribution in [2.24, 2.45) is 0 Å². The minimum Gasteiger partial charge on any atom is -0.199 e. The summed E-state index contributed by atoms with van der Waals surface area (Å²) in [4.78, 5) is 0. The number of phenols is 2. The Morgan fingerprint density at radius 1 is 0.524 bits per heavy atom. The average molecular weight is 1000 g/mol. The minimum absolute atomic E-state index is 0.0445. The first kappa shape index (κ1) is 53.8. The van der Waals surface area contributed by atoms with Gasteiger partial charge in [-0.1, -0.05) is 12.1 Å². The van der Waals surface area contributed by atoms with Crippen molar-refractivity contribution in [3.05, 3.63) is 132 Å². The van der Waals surface area contributed by atoms with Crippen molar-refractivity contribution in [3.8, 4) is 11.5 Å². The Balaban J connectivity index is 0.000000523. The van der Waals surface area contributed by atoms with Crippen LogP contribution in [0.3, 0.4) is 0 Å². The van der Waals surface area contributed by atoms with Gasteiger partial charge in [-0.15, -0.1) is 24.3 Å². The Labute approximate surface area is 401 Å². The predicted octanol–water partition coefficient (Wildman–Crippen LogP) is 16.1. The average Bonchev–Trinajstić information content (AvgIpc) is 3.45. The first-order valence-corrected chi connectivity index (χ1v) is 38.5. The van der Waals surface area contributed by atoms with Crippen LogP contribution in [0.25, 0.3) is 0 Å². The molecule has 4 aromatic carbocycles. The van der Waals surface area contributed by atoms with E-state index in [9.17, 15) is 10.2 Å². The molecule has 7 heteroatoms. The second-order valence-electron chi connectivity index (χ2n) is 23.6. The van der Waals surface area contributed by atoms with E-state index in [0.717, 1.165) is 33.1 Å². The molecular weight excluding hydrogens is 916 g/mol. The third-order valence-electron chi connectivity index (χ3n) is 14.6. The van der Waals surface area contributed by atoms with Gasteiger partial charge < -0.3 is 0 Å². The molecule has 2 unspecified atom stereocenters. The number of phenolic OH excluding ortho intramolecular Hbond substituents is 2. The van der Waals surface area contributed by atoms with Crippen molar-refractivity contribution < 1.29 is 29.4 Å². The van der Waals surface area contributed by atoms with Crippen molar-refractivity contribution in [1.29, 1.82) is 0 Å². The number of fused-ring (bicyclic) bond motifs is 1. The molecule has 4 aromatic rings. The Kier molecular flexibility index (Phi) is 18.3. The van der Waals surface area contributed by atoms with E-state index in [4.69, 9.17) is 0 Å². The van der Waals surface area contributed by atoms with Crippen molar-refractivity contribution >= 4 is 40.8 Å². The summed E-state index contributed by atoms with van der Waals surface area (Å²) in [7, 11) is -3.15. The molecule has 1 aliphatic carbocycles. The van der Waals surface area contributed by atoms with E-state index in [1.807, 2.05) is 60.7 Å². The molecule has 0 saturated heterocycles. The molecule has 63 heavy (non-hydrogen) atoms. The van der Waals surface area contributed by atoms with Gasteiger partial charge in [0.1, 0.15) is 0 Å². The van der Waals surface area contributed by atoms with Crippen LogP contribution in [0.2, 0.25) is 36.3 Å². The van der Waals surface area contributed by atoms with Gasteiger partial charge >= 0.3 is 319 Å². The van der Waals surface area contributed by atoms with E-state index < -0.39 is 35.3 Å². The summed E-state index contributed by atoms with van der Waals surface area (Å²) >= 11 is -0.819.